The summed E-state index contributed by atoms with van der Waals surface area (Å²) in [6, 6.07) is 3.29. The second kappa shape index (κ2) is 5.24. The van der Waals surface area contributed by atoms with Crippen molar-refractivity contribution in [2.24, 2.45) is 5.73 Å². The first-order valence-corrected chi connectivity index (χ1v) is 3.88. The molecular weight excluding hydrogens is 243 g/mol. The lowest BCUT2D eigenvalue weighted by molar-refractivity contribution is 0.100. The molecule has 0 saturated heterocycles. The summed E-state index contributed by atoms with van der Waals surface area (Å²) < 4.78 is 0.650. The summed E-state index contributed by atoms with van der Waals surface area (Å²) in [5, 5.41) is 0. The summed E-state index contributed by atoms with van der Waals surface area (Å²) in [7, 11) is 0. The van der Waals surface area contributed by atoms with Gasteiger partial charge >= 0.3 is 0 Å². The molecule has 0 fully saturated rings. The van der Waals surface area contributed by atoms with Crippen molar-refractivity contribution in [3.8, 4) is 0 Å². The number of carbonyl (C=O) groups is 1. The predicted molar refractivity (Wildman–Crippen MR) is 52.6 cm³/mol. The molecule has 3 nitrogen and oxygen atoms in total. The van der Waals surface area contributed by atoms with Crippen LogP contribution in [0.4, 0.5) is 0 Å². The Bertz CT molecular complexity index is 280. The van der Waals surface area contributed by atoms with Gasteiger partial charge in [0.1, 0.15) is 4.60 Å². The van der Waals surface area contributed by atoms with Crippen molar-refractivity contribution in [3.63, 3.8) is 0 Å². The molecule has 0 spiro atoms. The van der Waals surface area contributed by atoms with Crippen molar-refractivity contribution in [3.05, 3.63) is 28.5 Å². The van der Waals surface area contributed by atoms with Crippen LogP contribution in [0.15, 0.2) is 22.9 Å². The van der Waals surface area contributed by atoms with Crippen molar-refractivity contribution >= 4 is 34.1 Å². The normalized spacial score (nSPS) is 8.83. The van der Waals surface area contributed by atoms with Gasteiger partial charge in [-0.2, -0.15) is 0 Å². The zero-order chi connectivity index (χ0) is 8.27. The lowest BCUT2D eigenvalue weighted by Gasteiger charge is -1.96. The van der Waals surface area contributed by atoms with Gasteiger partial charge in [0.25, 0.3) is 0 Å². The Morgan fingerprint density at radius 3 is 2.83 bits per heavy atom. The Morgan fingerprint density at radius 2 is 2.33 bits per heavy atom. The number of halogens is 2. The largest absolute Gasteiger partial charge is 0.324 e. The minimum atomic E-state index is -0.0758. The van der Waals surface area contributed by atoms with Crippen LogP contribution in [0.5, 0.6) is 0 Å². The van der Waals surface area contributed by atoms with Crippen LogP contribution >= 0.6 is 28.3 Å². The van der Waals surface area contributed by atoms with Crippen LogP contribution in [-0.4, -0.2) is 17.3 Å². The summed E-state index contributed by atoms with van der Waals surface area (Å²) in [5.74, 6) is -0.0758. The van der Waals surface area contributed by atoms with E-state index in [-0.39, 0.29) is 24.7 Å². The van der Waals surface area contributed by atoms with Gasteiger partial charge in [-0.15, -0.1) is 12.4 Å². The topological polar surface area (TPSA) is 56.0 Å². The molecule has 0 atom stereocenters. The Kier molecular flexibility index (Phi) is 5.04. The molecule has 5 heteroatoms. The first-order chi connectivity index (χ1) is 5.24. The van der Waals surface area contributed by atoms with E-state index >= 15 is 0 Å². The summed E-state index contributed by atoms with van der Waals surface area (Å²) in [4.78, 5) is 14.9. The highest BCUT2D eigenvalue weighted by Gasteiger charge is 2.02. The summed E-state index contributed by atoms with van der Waals surface area (Å²) >= 11 is 3.16. The number of Topliss-reactive ketones (excluding diaryl/α,β-unsaturated/α-hetero) is 1. The maximum Gasteiger partial charge on any atom is 0.176 e. The lowest BCUT2D eigenvalue weighted by Crippen LogP contribution is -2.13. The molecular formula is C7H8BrClN2O. The summed E-state index contributed by atoms with van der Waals surface area (Å²) in [6.45, 7) is 0.0381. The van der Waals surface area contributed by atoms with E-state index in [1.807, 2.05) is 0 Å². The summed E-state index contributed by atoms with van der Waals surface area (Å²) in [6.07, 6.45) is 1.56. The molecule has 1 aromatic rings. The molecule has 0 bridgehead atoms. The van der Waals surface area contributed by atoms with Gasteiger partial charge < -0.3 is 5.73 Å². The van der Waals surface area contributed by atoms with Crippen molar-refractivity contribution in [1.29, 1.82) is 0 Å². The number of rotatable bonds is 2. The van der Waals surface area contributed by atoms with Crippen LogP contribution in [0.3, 0.4) is 0 Å². The van der Waals surface area contributed by atoms with Crippen molar-refractivity contribution in [2.75, 3.05) is 6.54 Å². The Hall–Kier alpha value is -0.450. The lowest BCUT2D eigenvalue weighted by atomic mass is 10.2. The number of aromatic nitrogens is 1. The Labute approximate surface area is 84.9 Å². The standard InChI is InChI=1S/C7H7BrN2O.ClH/c8-7-3-5(1-2-10-7)6(11)4-9;/h1-3H,4,9H2;1H. The molecule has 1 aromatic heterocycles. The zero-order valence-corrected chi connectivity index (χ0v) is 8.56. The average molecular weight is 252 g/mol. The van der Waals surface area contributed by atoms with Crippen molar-refractivity contribution in [1.82, 2.24) is 4.98 Å². The average Bonchev–Trinajstić information content (AvgIpc) is 2.03. The fourth-order valence-corrected chi connectivity index (χ4v) is 1.06. The van der Waals surface area contributed by atoms with E-state index in [0.29, 0.717) is 10.2 Å². The third-order valence-electron chi connectivity index (χ3n) is 1.23. The molecule has 2 N–H and O–H groups in total. The molecule has 0 amide bonds. The van der Waals surface area contributed by atoms with Gasteiger partial charge in [0.05, 0.1) is 6.54 Å². The summed E-state index contributed by atoms with van der Waals surface area (Å²) in [5.41, 5.74) is 5.76. The number of nitrogens with zero attached hydrogens (tertiary/aromatic N) is 1. The minimum Gasteiger partial charge on any atom is -0.324 e. The van der Waals surface area contributed by atoms with Crippen molar-refractivity contribution in [2.45, 2.75) is 0 Å². The molecule has 0 saturated carbocycles. The van der Waals surface area contributed by atoms with Gasteiger partial charge in [-0.3, -0.25) is 4.79 Å². The highest BCUT2D eigenvalue weighted by atomic mass is 79.9. The highest BCUT2D eigenvalue weighted by Crippen LogP contribution is 2.07. The van der Waals surface area contributed by atoms with Gasteiger partial charge in [0.2, 0.25) is 0 Å². The number of hydrogen-bond acceptors (Lipinski definition) is 3. The maximum atomic E-state index is 11.0. The number of carbonyl (C=O) groups excluding carboxylic acids is 1. The third kappa shape index (κ3) is 2.89. The van der Waals surface area contributed by atoms with Crippen molar-refractivity contribution < 1.29 is 4.79 Å². The number of pyridine rings is 1. The van der Waals surface area contributed by atoms with Gasteiger partial charge in [-0.25, -0.2) is 4.98 Å². The molecule has 0 aliphatic carbocycles. The van der Waals surface area contributed by atoms with Gasteiger partial charge in [-0.05, 0) is 28.1 Å². The molecule has 0 radical (unpaired) electrons. The van der Waals surface area contributed by atoms with Crippen LogP contribution in [0, 0.1) is 0 Å². The highest BCUT2D eigenvalue weighted by molar-refractivity contribution is 9.10. The number of hydrogen-bond donors (Lipinski definition) is 1. The molecule has 1 heterocycles. The quantitative estimate of drug-likeness (QED) is 0.639. The molecule has 12 heavy (non-hydrogen) atoms. The van der Waals surface area contributed by atoms with Crippen LogP contribution in [0.1, 0.15) is 10.4 Å². The molecule has 0 unspecified atom stereocenters. The van der Waals surface area contributed by atoms with Gasteiger partial charge in [0, 0.05) is 11.8 Å². The van der Waals surface area contributed by atoms with Crippen LogP contribution in [0.25, 0.3) is 0 Å². The predicted octanol–water partition coefficient (Wildman–Crippen LogP) is 1.41. The molecule has 0 aromatic carbocycles. The van der Waals surface area contributed by atoms with E-state index in [4.69, 9.17) is 5.73 Å². The first-order valence-electron chi connectivity index (χ1n) is 3.09. The molecule has 1 rings (SSSR count). The Balaban J connectivity index is 0.00000121. The van der Waals surface area contributed by atoms with Gasteiger partial charge in [0.15, 0.2) is 5.78 Å². The fourth-order valence-electron chi connectivity index (χ4n) is 0.694. The maximum absolute atomic E-state index is 11.0. The minimum absolute atomic E-state index is 0. The third-order valence-corrected chi connectivity index (χ3v) is 1.67. The van der Waals surface area contributed by atoms with E-state index in [1.165, 1.54) is 0 Å². The van der Waals surface area contributed by atoms with E-state index in [9.17, 15) is 4.79 Å². The number of ketones is 1. The second-order valence-electron chi connectivity index (χ2n) is 1.99. The Morgan fingerprint density at radius 1 is 1.67 bits per heavy atom. The second-order valence-corrected chi connectivity index (χ2v) is 2.81. The fraction of sp³-hybridized carbons (Fsp3) is 0.143. The molecule has 0 aliphatic heterocycles. The van der Waals surface area contributed by atoms with Crippen LogP contribution < -0.4 is 5.73 Å². The monoisotopic (exact) mass is 250 g/mol. The first kappa shape index (κ1) is 11.6. The van der Waals surface area contributed by atoms with E-state index in [2.05, 4.69) is 20.9 Å². The zero-order valence-electron chi connectivity index (χ0n) is 6.16. The molecule has 66 valence electrons. The number of nitrogens with two attached hydrogens (primary N) is 1. The van der Waals surface area contributed by atoms with Crippen LogP contribution in [-0.2, 0) is 0 Å². The van der Waals surface area contributed by atoms with Gasteiger partial charge in [-0.1, -0.05) is 0 Å². The van der Waals surface area contributed by atoms with E-state index in [1.54, 1.807) is 18.3 Å². The smallest absolute Gasteiger partial charge is 0.176 e. The SMILES string of the molecule is Cl.NCC(=O)c1ccnc(Br)c1. The van der Waals surface area contributed by atoms with E-state index in [0.717, 1.165) is 0 Å². The van der Waals surface area contributed by atoms with Crippen LogP contribution in [0.2, 0.25) is 0 Å². The molecule has 0 aliphatic rings. The van der Waals surface area contributed by atoms with E-state index < -0.39 is 0 Å².